The topological polar surface area (TPSA) is 84.2 Å². The van der Waals surface area contributed by atoms with Crippen LogP contribution in [-0.2, 0) is 25.1 Å². The fourth-order valence-corrected chi connectivity index (χ4v) is 3.00. The second-order valence-corrected chi connectivity index (χ2v) is 6.23. The summed E-state index contributed by atoms with van der Waals surface area (Å²) in [5, 5.41) is 8.86. The molecular weight excluding hydrogens is 290 g/mol. The third-order valence-corrected chi connectivity index (χ3v) is 3.98. The van der Waals surface area contributed by atoms with Gasteiger partial charge in [0.25, 0.3) is 0 Å². The molecule has 0 amide bonds. The van der Waals surface area contributed by atoms with Crippen LogP contribution in [0, 0.1) is 11.3 Å². The summed E-state index contributed by atoms with van der Waals surface area (Å²) >= 11 is 5.88. The van der Waals surface area contributed by atoms with Gasteiger partial charge in [-0.3, -0.25) is 4.79 Å². The molecule has 0 aliphatic rings. The number of rotatable bonds is 5. The Labute approximate surface area is 116 Å². The number of esters is 1. The van der Waals surface area contributed by atoms with Gasteiger partial charge in [-0.1, -0.05) is 17.7 Å². The molecule has 1 aromatic rings. The molecule has 0 aliphatic heterocycles. The number of carbonyl (C=O) groups is 1. The van der Waals surface area contributed by atoms with Crippen molar-refractivity contribution >= 4 is 27.4 Å². The van der Waals surface area contributed by atoms with Crippen molar-refractivity contribution in [1.29, 1.82) is 5.26 Å². The Hall–Kier alpha value is -1.58. The lowest BCUT2D eigenvalue weighted by Crippen LogP contribution is -2.20. The summed E-state index contributed by atoms with van der Waals surface area (Å²) in [5.74, 6) is -1.83. The maximum absolute atomic E-state index is 11.8. The molecule has 1 rings (SSSR count). The molecule has 0 unspecified atom stereocenters. The van der Waals surface area contributed by atoms with Gasteiger partial charge in [0.1, 0.15) is 5.75 Å². The van der Waals surface area contributed by atoms with E-state index in [0.29, 0.717) is 11.1 Å². The summed E-state index contributed by atoms with van der Waals surface area (Å²) in [4.78, 5) is 11.2. The number of hydrogen-bond donors (Lipinski definition) is 0. The van der Waals surface area contributed by atoms with Crippen LogP contribution in [0.3, 0.4) is 0 Å². The quantitative estimate of drug-likeness (QED) is 0.773. The molecule has 0 N–H and O–H groups in total. The van der Waals surface area contributed by atoms with Crippen molar-refractivity contribution in [3.63, 3.8) is 0 Å². The summed E-state index contributed by atoms with van der Waals surface area (Å²) in [5.41, 5.74) is 0.696. The molecule has 0 saturated carbocycles. The van der Waals surface area contributed by atoms with Crippen molar-refractivity contribution in [2.45, 2.75) is 12.7 Å². The van der Waals surface area contributed by atoms with Crippen LogP contribution in [0.25, 0.3) is 0 Å². The zero-order valence-electron chi connectivity index (χ0n) is 10.2. The monoisotopic (exact) mass is 301 g/mol. The molecule has 0 fully saturated rings. The first-order valence-corrected chi connectivity index (χ1v) is 7.62. The lowest BCUT2D eigenvalue weighted by atomic mass is 10.2. The highest BCUT2D eigenvalue weighted by atomic mass is 35.5. The van der Waals surface area contributed by atoms with Crippen LogP contribution in [-0.4, -0.2) is 26.7 Å². The van der Waals surface area contributed by atoms with Crippen molar-refractivity contribution in [3.8, 4) is 6.07 Å². The Bertz CT molecular complexity index is 619. The number of nitriles is 1. The fraction of sp³-hybridized carbons (Fsp3) is 0.333. The Morgan fingerprint density at radius 3 is 2.68 bits per heavy atom. The summed E-state index contributed by atoms with van der Waals surface area (Å²) in [6.07, 6.45) is 0. The van der Waals surface area contributed by atoms with Gasteiger partial charge in [-0.2, -0.15) is 5.26 Å². The number of hydrogen-bond acceptors (Lipinski definition) is 5. The molecule has 5 nitrogen and oxygen atoms in total. The van der Waals surface area contributed by atoms with E-state index in [1.165, 1.54) is 18.2 Å². The Morgan fingerprint density at radius 1 is 1.47 bits per heavy atom. The van der Waals surface area contributed by atoms with Gasteiger partial charge in [-0.15, -0.1) is 0 Å². The molecule has 1 aromatic carbocycles. The van der Waals surface area contributed by atoms with E-state index in [-0.39, 0.29) is 17.4 Å². The number of halogens is 1. The highest BCUT2D eigenvalue weighted by molar-refractivity contribution is 7.91. The lowest BCUT2D eigenvalue weighted by molar-refractivity contribution is -0.139. The zero-order valence-corrected chi connectivity index (χ0v) is 11.8. The molecule has 0 spiro atoms. The smallest absolute Gasteiger partial charge is 0.321 e. The standard InChI is InChI=1S/C12H12ClNO4S/c1-2-18-12(15)8-19(16,17)7-10-4-3-9(6-14)5-11(10)13/h3-5H,2,7-8H2,1H3. The molecule has 0 aromatic heterocycles. The van der Waals surface area contributed by atoms with Gasteiger partial charge >= 0.3 is 5.97 Å². The van der Waals surface area contributed by atoms with E-state index < -0.39 is 21.6 Å². The molecular formula is C12H12ClNO4S. The van der Waals surface area contributed by atoms with Crippen LogP contribution in [0.5, 0.6) is 0 Å². The zero-order chi connectivity index (χ0) is 14.5. The second kappa shape index (κ2) is 6.55. The van der Waals surface area contributed by atoms with Gasteiger partial charge in [0.15, 0.2) is 9.84 Å². The Kier molecular flexibility index (Phi) is 5.33. The molecule has 0 atom stereocenters. The van der Waals surface area contributed by atoms with Crippen LogP contribution in [0.2, 0.25) is 5.02 Å². The lowest BCUT2D eigenvalue weighted by Gasteiger charge is -2.06. The minimum absolute atomic E-state index is 0.131. The minimum Gasteiger partial charge on any atom is -0.465 e. The highest BCUT2D eigenvalue weighted by Gasteiger charge is 2.19. The van der Waals surface area contributed by atoms with Crippen LogP contribution in [0.4, 0.5) is 0 Å². The van der Waals surface area contributed by atoms with Crippen LogP contribution in [0.1, 0.15) is 18.1 Å². The van der Waals surface area contributed by atoms with Gasteiger partial charge in [0, 0.05) is 5.02 Å². The number of sulfone groups is 1. The van der Waals surface area contributed by atoms with Crippen molar-refractivity contribution in [2.24, 2.45) is 0 Å². The molecule has 0 aliphatic carbocycles. The molecule has 0 heterocycles. The SMILES string of the molecule is CCOC(=O)CS(=O)(=O)Cc1ccc(C#N)cc1Cl. The van der Waals surface area contributed by atoms with Crippen molar-refractivity contribution in [3.05, 3.63) is 34.3 Å². The summed E-state index contributed by atoms with van der Waals surface area (Å²) in [6.45, 7) is 1.73. The molecule has 19 heavy (non-hydrogen) atoms. The summed E-state index contributed by atoms with van der Waals surface area (Å²) in [6, 6.07) is 6.22. The number of carbonyl (C=O) groups excluding carboxylic acids is 1. The van der Waals surface area contributed by atoms with Crippen LogP contribution >= 0.6 is 11.6 Å². The third kappa shape index (κ3) is 4.89. The van der Waals surface area contributed by atoms with E-state index >= 15 is 0 Å². The molecule has 0 saturated heterocycles. The summed E-state index contributed by atoms with van der Waals surface area (Å²) < 4.78 is 28.1. The van der Waals surface area contributed by atoms with Crippen molar-refractivity contribution in [1.82, 2.24) is 0 Å². The van der Waals surface area contributed by atoms with Gasteiger partial charge in [-0.25, -0.2) is 8.42 Å². The van der Waals surface area contributed by atoms with E-state index in [0.717, 1.165) is 0 Å². The van der Waals surface area contributed by atoms with Crippen molar-refractivity contribution in [2.75, 3.05) is 12.4 Å². The highest BCUT2D eigenvalue weighted by Crippen LogP contribution is 2.20. The van der Waals surface area contributed by atoms with E-state index in [4.69, 9.17) is 16.9 Å². The van der Waals surface area contributed by atoms with Gasteiger partial charge in [0.05, 0.1) is 24.0 Å². The maximum Gasteiger partial charge on any atom is 0.321 e. The van der Waals surface area contributed by atoms with Crippen LogP contribution in [0.15, 0.2) is 18.2 Å². The Morgan fingerprint density at radius 2 is 2.16 bits per heavy atom. The third-order valence-electron chi connectivity index (χ3n) is 2.20. The van der Waals surface area contributed by atoms with Gasteiger partial charge in [-0.05, 0) is 24.6 Å². The van der Waals surface area contributed by atoms with E-state index in [2.05, 4.69) is 4.74 Å². The predicted molar refractivity (Wildman–Crippen MR) is 70.3 cm³/mol. The van der Waals surface area contributed by atoms with Gasteiger partial charge in [0.2, 0.25) is 0 Å². The van der Waals surface area contributed by atoms with E-state index in [1.54, 1.807) is 6.92 Å². The average molecular weight is 302 g/mol. The number of benzene rings is 1. The molecule has 102 valence electrons. The Balaban J connectivity index is 2.84. The van der Waals surface area contributed by atoms with E-state index in [9.17, 15) is 13.2 Å². The largest absolute Gasteiger partial charge is 0.465 e. The normalized spacial score (nSPS) is 10.8. The molecule has 0 bridgehead atoms. The summed E-state index contributed by atoms with van der Waals surface area (Å²) in [7, 11) is -3.64. The van der Waals surface area contributed by atoms with Crippen molar-refractivity contribution < 1.29 is 17.9 Å². The first kappa shape index (κ1) is 15.5. The first-order chi connectivity index (χ1) is 8.88. The van der Waals surface area contributed by atoms with Crippen LogP contribution < -0.4 is 0 Å². The predicted octanol–water partition coefficient (Wildman–Crippen LogP) is 1.69. The second-order valence-electron chi connectivity index (χ2n) is 3.76. The maximum atomic E-state index is 11.8. The van der Waals surface area contributed by atoms with E-state index in [1.807, 2.05) is 6.07 Å². The molecule has 0 radical (unpaired) electrons. The minimum atomic E-state index is -3.64. The molecule has 7 heteroatoms. The first-order valence-electron chi connectivity index (χ1n) is 5.42. The number of ether oxygens (including phenoxy) is 1. The average Bonchev–Trinajstić information content (AvgIpc) is 2.31. The number of nitrogens with zero attached hydrogens (tertiary/aromatic N) is 1. The van der Waals surface area contributed by atoms with Gasteiger partial charge < -0.3 is 4.74 Å². The fourth-order valence-electron chi connectivity index (χ4n) is 1.40.